The number of hydrogen-bond acceptors (Lipinski definition) is 4. The monoisotopic (exact) mass is 304 g/mol. The Bertz CT molecular complexity index is 535. The van der Waals surface area contributed by atoms with E-state index in [9.17, 15) is 4.79 Å². The van der Waals surface area contributed by atoms with Gasteiger partial charge in [-0.25, -0.2) is 0 Å². The molecule has 0 aromatic heterocycles. The molecule has 2 fully saturated rings. The maximum Gasteiger partial charge on any atom is 0.224 e. The molecular formula is C17H24N2O3. The Morgan fingerprint density at radius 3 is 2.50 bits per heavy atom. The summed E-state index contributed by atoms with van der Waals surface area (Å²) < 4.78 is 10.5. The molecule has 0 saturated carbocycles. The molecule has 2 atom stereocenters. The van der Waals surface area contributed by atoms with Crippen molar-refractivity contribution < 1.29 is 14.3 Å². The topological polar surface area (TPSA) is 59.6 Å². The van der Waals surface area contributed by atoms with Crippen molar-refractivity contribution in [2.75, 3.05) is 19.5 Å². The van der Waals surface area contributed by atoms with E-state index < -0.39 is 0 Å². The number of hydrogen-bond donors (Lipinski definition) is 2. The number of amides is 1. The van der Waals surface area contributed by atoms with Gasteiger partial charge in [0.2, 0.25) is 5.91 Å². The second-order valence-corrected chi connectivity index (χ2v) is 6.30. The molecule has 0 aliphatic carbocycles. The summed E-state index contributed by atoms with van der Waals surface area (Å²) in [4.78, 5) is 12.3. The van der Waals surface area contributed by atoms with Crippen LogP contribution in [0, 0.1) is 5.92 Å². The highest BCUT2D eigenvalue weighted by molar-refractivity contribution is 5.91. The smallest absolute Gasteiger partial charge is 0.224 e. The molecule has 0 radical (unpaired) electrons. The molecule has 1 amide bonds. The second-order valence-electron chi connectivity index (χ2n) is 6.30. The standard InChI is InChI=1S/C17H24N2O3/c1-21-15-6-5-14(10-16(15)22-2)19-17(20)9-11-7-12-3-4-13(8-11)18-12/h5-6,10-13,18H,3-4,7-9H2,1-2H3,(H,19,20). The highest BCUT2D eigenvalue weighted by Crippen LogP contribution is 2.33. The van der Waals surface area contributed by atoms with Gasteiger partial charge < -0.3 is 20.1 Å². The van der Waals surface area contributed by atoms with Crippen molar-refractivity contribution in [1.82, 2.24) is 5.32 Å². The van der Waals surface area contributed by atoms with E-state index in [0.29, 0.717) is 35.9 Å². The quantitative estimate of drug-likeness (QED) is 0.878. The number of piperidine rings is 1. The van der Waals surface area contributed by atoms with E-state index in [-0.39, 0.29) is 5.91 Å². The van der Waals surface area contributed by atoms with Crippen molar-refractivity contribution in [3.8, 4) is 11.5 Å². The lowest BCUT2D eigenvalue weighted by Gasteiger charge is -2.28. The third-order valence-corrected chi connectivity index (χ3v) is 4.71. The fraction of sp³-hybridized carbons (Fsp3) is 0.588. The van der Waals surface area contributed by atoms with Gasteiger partial charge in [0.15, 0.2) is 11.5 Å². The molecule has 5 heteroatoms. The van der Waals surface area contributed by atoms with Crippen LogP contribution in [0.5, 0.6) is 11.5 Å². The Morgan fingerprint density at radius 1 is 1.18 bits per heavy atom. The number of rotatable bonds is 5. The third-order valence-electron chi connectivity index (χ3n) is 4.71. The number of anilines is 1. The van der Waals surface area contributed by atoms with Gasteiger partial charge in [-0.15, -0.1) is 0 Å². The van der Waals surface area contributed by atoms with Gasteiger partial charge in [0, 0.05) is 30.3 Å². The minimum Gasteiger partial charge on any atom is -0.493 e. The first kappa shape index (κ1) is 15.2. The summed E-state index contributed by atoms with van der Waals surface area (Å²) in [6.45, 7) is 0. The molecule has 2 saturated heterocycles. The van der Waals surface area contributed by atoms with E-state index in [1.807, 2.05) is 6.07 Å². The van der Waals surface area contributed by atoms with Gasteiger partial charge in [0.25, 0.3) is 0 Å². The molecular weight excluding hydrogens is 280 g/mol. The van der Waals surface area contributed by atoms with Gasteiger partial charge in [0.05, 0.1) is 14.2 Å². The Labute approximate surface area is 131 Å². The van der Waals surface area contributed by atoms with Gasteiger partial charge in [-0.2, -0.15) is 0 Å². The maximum absolute atomic E-state index is 12.3. The van der Waals surface area contributed by atoms with Crippen LogP contribution in [0.3, 0.4) is 0 Å². The molecule has 2 unspecified atom stereocenters. The average Bonchev–Trinajstić information content (AvgIpc) is 2.85. The zero-order valence-corrected chi connectivity index (χ0v) is 13.2. The zero-order chi connectivity index (χ0) is 15.5. The van der Waals surface area contributed by atoms with E-state index in [1.54, 1.807) is 26.4 Å². The van der Waals surface area contributed by atoms with Crippen LogP contribution in [-0.2, 0) is 4.79 Å². The van der Waals surface area contributed by atoms with E-state index in [4.69, 9.17) is 9.47 Å². The summed E-state index contributed by atoms with van der Waals surface area (Å²) in [6, 6.07) is 6.68. The lowest BCUT2D eigenvalue weighted by Crippen LogP contribution is -2.39. The van der Waals surface area contributed by atoms with Crippen molar-refractivity contribution >= 4 is 11.6 Å². The maximum atomic E-state index is 12.3. The SMILES string of the molecule is COc1ccc(NC(=O)CC2CC3CCC(C2)N3)cc1OC. The largest absolute Gasteiger partial charge is 0.493 e. The molecule has 2 aliphatic heterocycles. The first-order valence-corrected chi connectivity index (χ1v) is 7.96. The van der Waals surface area contributed by atoms with Crippen molar-refractivity contribution in [1.29, 1.82) is 0 Å². The molecule has 3 rings (SSSR count). The van der Waals surface area contributed by atoms with Crippen molar-refractivity contribution in [3.05, 3.63) is 18.2 Å². The van der Waals surface area contributed by atoms with E-state index in [2.05, 4.69) is 10.6 Å². The van der Waals surface area contributed by atoms with Crippen LogP contribution >= 0.6 is 0 Å². The summed E-state index contributed by atoms with van der Waals surface area (Å²) in [5, 5.41) is 6.58. The fourth-order valence-electron chi connectivity index (χ4n) is 3.73. The van der Waals surface area contributed by atoms with Gasteiger partial charge in [-0.05, 0) is 43.7 Å². The highest BCUT2D eigenvalue weighted by atomic mass is 16.5. The normalized spacial score (nSPS) is 26.5. The molecule has 22 heavy (non-hydrogen) atoms. The molecule has 2 heterocycles. The van der Waals surface area contributed by atoms with Gasteiger partial charge in [-0.1, -0.05) is 0 Å². The Kier molecular flexibility index (Phi) is 4.52. The molecule has 0 spiro atoms. The van der Waals surface area contributed by atoms with E-state index in [0.717, 1.165) is 18.5 Å². The Morgan fingerprint density at radius 2 is 1.86 bits per heavy atom. The highest BCUT2D eigenvalue weighted by Gasteiger charge is 2.34. The molecule has 1 aromatic carbocycles. The van der Waals surface area contributed by atoms with Crippen LogP contribution in [0.25, 0.3) is 0 Å². The molecule has 5 nitrogen and oxygen atoms in total. The average molecular weight is 304 g/mol. The van der Waals surface area contributed by atoms with E-state index in [1.165, 1.54) is 12.8 Å². The Hall–Kier alpha value is -1.75. The van der Waals surface area contributed by atoms with E-state index >= 15 is 0 Å². The molecule has 2 aliphatic rings. The predicted molar refractivity (Wildman–Crippen MR) is 85.5 cm³/mol. The first-order valence-electron chi connectivity index (χ1n) is 7.96. The lowest BCUT2D eigenvalue weighted by molar-refractivity contribution is -0.117. The van der Waals surface area contributed by atoms with Crippen LogP contribution in [0.2, 0.25) is 0 Å². The van der Waals surface area contributed by atoms with Crippen LogP contribution in [0.15, 0.2) is 18.2 Å². The summed E-state index contributed by atoms with van der Waals surface area (Å²) in [7, 11) is 3.19. The van der Waals surface area contributed by atoms with Crippen molar-refractivity contribution in [2.45, 2.75) is 44.2 Å². The van der Waals surface area contributed by atoms with Crippen molar-refractivity contribution in [2.24, 2.45) is 5.92 Å². The Balaban J connectivity index is 1.57. The second kappa shape index (κ2) is 6.57. The van der Waals surface area contributed by atoms with Crippen LogP contribution < -0.4 is 20.1 Å². The summed E-state index contributed by atoms with van der Waals surface area (Å²) >= 11 is 0. The fourth-order valence-corrected chi connectivity index (χ4v) is 3.73. The van der Waals surface area contributed by atoms with Gasteiger partial charge >= 0.3 is 0 Å². The molecule has 1 aromatic rings. The van der Waals surface area contributed by atoms with Crippen LogP contribution in [0.1, 0.15) is 32.1 Å². The summed E-state index contributed by atoms with van der Waals surface area (Å²) in [5.74, 6) is 1.87. The third kappa shape index (κ3) is 3.35. The number of ether oxygens (including phenoxy) is 2. The minimum atomic E-state index is 0.0820. The number of nitrogens with one attached hydrogen (secondary N) is 2. The summed E-state index contributed by atoms with van der Waals surface area (Å²) in [5.41, 5.74) is 0.750. The predicted octanol–water partition coefficient (Wildman–Crippen LogP) is 2.56. The number of carbonyl (C=O) groups is 1. The number of benzene rings is 1. The zero-order valence-electron chi connectivity index (χ0n) is 13.2. The van der Waals surface area contributed by atoms with Crippen molar-refractivity contribution in [3.63, 3.8) is 0 Å². The van der Waals surface area contributed by atoms with Crippen LogP contribution in [0.4, 0.5) is 5.69 Å². The molecule has 2 N–H and O–H groups in total. The minimum absolute atomic E-state index is 0.0820. The first-order chi connectivity index (χ1) is 10.7. The number of carbonyl (C=O) groups excluding carboxylic acids is 1. The number of methoxy groups -OCH3 is 2. The summed E-state index contributed by atoms with van der Waals surface area (Å²) in [6.07, 6.45) is 5.37. The van der Waals surface area contributed by atoms with Gasteiger partial charge in [-0.3, -0.25) is 4.79 Å². The number of fused-ring (bicyclic) bond motifs is 2. The van der Waals surface area contributed by atoms with Crippen LogP contribution in [-0.4, -0.2) is 32.2 Å². The molecule has 2 bridgehead atoms. The van der Waals surface area contributed by atoms with Gasteiger partial charge in [0.1, 0.15) is 0 Å². The molecule has 120 valence electrons. The lowest BCUT2D eigenvalue weighted by atomic mass is 9.89.